The molecule has 0 bridgehead atoms. The van der Waals surface area contributed by atoms with E-state index in [4.69, 9.17) is 4.74 Å². The van der Waals surface area contributed by atoms with Crippen LogP contribution in [0.4, 0.5) is 0 Å². The predicted octanol–water partition coefficient (Wildman–Crippen LogP) is 2.97. The topological polar surface area (TPSA) is 63.6 Å². The van der Waals surface area contributed by atoms with Crippen LogP contribution in [0.25, 0.3) is 0 Å². The molecule has 2 aromatic rings. The summed E-state index contributed by atoms with van der Waals surface area (Å²) in [7, 11) is -2.53. The van der Waals surface area contributed by atoms with Gasteiger partial charge in [0.25, 0.3) is 0 Å². The second-order valence-corrected chi connectivity index (χ2v) is 6.84. The summed E-state index contributed by atoms with van der Waals surface area (Å²) in [6.45, 7) is 2.29. The van der Waals surface area contributed by atoms with Gasteiger partial charge in [0.2, 0.25) is 0 Å². The highest BCUT2D eigenvalue weighted by atomic mass is 31.1. The summed E-state index contributed by atoms with van der Waals surface area (Å²) in [6, 6.07) is 16.2. The summed E-state index contributed by atoms with van der Waals surface area (Å²) < 4.78 is 18.3. The number of ether oxygens (including phenoxy) is 1. The van der Waals surface area contributed by atoms with E-state index >= 15 is 0 Å². The zero-order valence-corrected chi connectivity index (χ0v) is 13.4. The van der Waals surface area contributed by atoms with Gasteiger partial charge < -0.3 is 14.4 Å². The van der Waals surface area contributed by atoms with Crippen LogP contribution < -0.4 is 10.0 Å². The van der Waals surface area contributed by atoms with E-state index in [1.54, 1.807) is 24.3 Å². The van der Waals surface area contributed by atoms with Gasteiger partial charge in [0.05, 0.1) is 11.9 Å². The van der Waals surface area contributed by atoms with Gasteiger partial charge in [0, 0.05) is 0 Å². The molecule has 0 aliphatic heterocycles. The Morgan fingerprint density at radius 1 is 1.14 bits per heavy atom. The third kappa shape index (κ3) is 3.99. The SMILES string of the molecule is CCOc1ccccc1[PH](=O)C(Cc1ccccc1)C(=O)O. The molecule has 2 unspecified atom stereocenters. The Kier molecular flexibility index (Phi) is 5.79. The molecule has 116 valence electrons. The molecule has 0 spiro atoms. The van der Waals surface area contributed by atoms with Crippen LogP contribution in [-0.4, -0.2) is 23.3 Å². The number of rotatable bonds is 7. The van der Waals surface area contributed by atoms with E-state index < -0.39 is 19.4 Å². The minimum atomic E-state index is -2.53. The largest absolute Gasteiger partial charge is 0.493 e. The number of carboxylic acids is 1. The number of hydrogen-bond acceptors (Lipinski definition) is 3. The molecule has 0 radical (unpaired) electrons. The summed E-state index contributed by atoms with van der Waals surface area (Å²) in [6.07, 6.45) is 0.244. The number of aliphatic carboxylic acids is 1. The van der Waals surface area contributed by atoms with E-state index in [9.17, 15) is 14.5 Å². The Morgan fingerprint density at radius 2 is 1.77 bits per heavy atom. The first kappa shape index (κ1) is 16.3. The Labute approximate surface area is 130 Å². The highest BCUT2D eigenvalue weighted by molar-refractivity contribution is 7.55. The second kappa shape index (κ2) is 7.81. The van der Waals surface area contributed by atoms with Crippen LogP contribution in [0, 0.1) is 0 Å². The fraction of sp³-hybridized carbons (Fsp3) is 0.235. The van der Waals surface area contributed by atoms with Crippen molar-refractivity contribution in [2.45, 2.75) is 19.0 Å². The highest BCUT2D eigenvalue weighted by Gasteiger charge is 2.27. The van der Waals surface area contributed by atoms with Crippen molar-refractivity contribution in [3.8, 4) is 5.75 Å². The van der Waals surface area contributed by atoms with Gasteiger partial charge in [-0.25, -0.2) is 0 Å². The molecule has 2 atom stereocenters. The maximum atomic E-state index is 12.8. The van der Waals surface area contributed by atoms with Crippen LogP contribution in [0.1, 0.15) is 12.5 Å². The lowest BCUT2D eigenvalue weighted by molar-refractivity contribution is -0.136. The summed E-state index contributed by atoms with van der Waals surface area (Å²) in [4.78, 5) is 11.6. The van der Waals surface area contributed by atoms with E-state index in [-0.39, 0.29) is 6.42 Å². The number of carboxylic acid groups (broad SMARTS) is 1. The van der Waals surface area contributed by atoms with Gasteiger partial charge in [-0.3, -0.25) is 4.79 Å². The van der Waals surface area contributed by atoms with Crippen molar-refractivity contribution in [1.29, 1.82) is 0 Å². The van der Waals surface area contributed by atoms with Crippen molar-refractivity contribution in [3.63, 3.8) is 0 Å². The number of para-hydroxylation sites is 1. The number of carbonyl (C=O) groups is 1. The fourth-order valence-corrected chi connectivity index (χ4v) is 3.96. The van der Waals surface area contributed by atoms with Crippen LogP contribution in [0.15, 0.2) is 54.6 Å². The third-order valence-electron chi connectivity index (χ3n) is 3.35. The lowest BCUT2D eigenvalue weighted by Gasteiger charge is -2.15. The minimum Gasteiger partial charge on any atom is -0.493 e. The van der Waals surface area contributed by atoms with Crippen molar-refractivity contribution in [1.82, 2.24) is 0 Å². The van der Waals surface area contributed by atoms with Crippen molar-refractivity contribution in [2.75, 3.05) is 6.61 Å². The van der Waals surface area contributed by atoms with Crippen LogP contribution in [-0.2, 0) is 15.8 Å². The molecule has 22 heavy (non-hydrogen) atoms. The van der Waals surface area contributed by atoms with E-state index in [1.165, 1.54) is 0 Å². The van der Waals surface area contributed by atoms with E-state index in [1.807, 2.05) is 37.3 Å². The van der Waals surface area contributed by atoms with Gasteiger partial charge >= 0.3 is 5.97 Å². The first-order valence-electron chi connectivity index (χ1n) is 7.16. The van der Waals surface area contributed by atoms with Crippen LogP contribution >= 0.6 is 7.80 Å². The summed E-state index contributed by atoms with van der Waals surface area (Å²) in [5, 5.41) is 9.97. The highest BCUT2D eigenvalue weighted by Crippen LogP contribution is 2.34. The number of hydrogen-bond donors (Lipinski definition) is 1. The van der Waals surface area contributed by atoms with Gasteiger partial charge in [0.15, 0.2) is 0 Å². The molecule has 2 aromatic carbocycles. The molecular weight excluding hydrogens is 299 g/mol. The first-order valence-corrected chi connectivity index (χ1v) is 8.64. The number of benzene rings is 2. The molecule has 0 saturated carbocycles. The van der Waals surface area contributed by atoms with Gasteiger partial charge in [-0.2, -0.15) is 0 Å². The smallest absolute Gasteiger partial charge is 0.314 e. The van der Waals surface area contributed by atoms with Gasteiger partial charge in [-0.05, 0) is 31.0 Å². The standard InChI is InChI=1S/C17H19O4P/c1-2-21-14-10-6-7-11-15(14)22(20)16(17(18)19)12-13-8-4-3-5-9-13/h3-11,16,22H,2,12H2,1H3,(H,18,19). The van der Waals surface area contributed by atoms with E-state index in [2.05, 4.69) is 0 Å². The van der Waals surface area contributed by atoms with Gasteiger partial charge in [-0.1, -0.05) is 42.5 Å². The maximum Gasteiger partial charge on any atom is 0.314 e. The molecule has 0 fully saturated rings. The quantitative estimate of drug-likeness (QED) is 0.797. The minimum absolute atomic E-state index is 0.244. The lowest BCUT2D eigenvalue weighted by Crippen LogP contribution is -2.23. The Hall–Kier alpha value is -2.06. The summed E-state index contributed by atoms with van der Waals surface area (Å²) in [5.41, 5.74) is -0.0730. The maximum absolute atomic E-state index is 12.8. The van der Waals surface area contributed by atoms with Crippen molar-refractivity contribution in [2.24, 2.45) is 0 Å². The third-order valence-corrected chi connectivity index (χ3v) is 5.38. The Bertz CT molecular complexity index is 655. The molecule has 0 amide bonds. The van der Waals surface area contributed by atoms with Crippen molar-refractivity contribution in [3.05, 3.63) is 60.2 Å². The van der Waals surface area contributed by atoms with Crippen molar-refractivity contribution >= 4 is 19.1 Å². The molecule has 4 nitrogen and oxygen atoms in total. The summed E-state index contributed by atoms with van der Waals surface area (Å²) >= 11 is 0. The molecule has 0 aliphatic carbocycles. The molecule has 1 N–H and O–H groups in total. The van der Waals surface area contributed by atoms with Crippen LogP contribution in [0.3, 0.4) is 0 Å². The molecule has 0 saturated heterocycles. The molecule has 0 aromatic heterocycles. The second-order valence-electron chi connectivity index (χ2n) is 4.87. The first-order chi connectivity index (χ1) is 10.6. The van der Waals surface area contributed by atoms with E-state index in [0.717, 1.165) is 5.56 Å². The molecular formula is C17H19O4P. The van der Waals surface area contributed by atoms with Gasteiger partial charge in [-0.15, -0.1) is 0 Å². The van der Waals surface area contributed by atoms with Crippen LogP contribution in [0.2, 0.25) is 0 Å². The molecule has 5 heteroatoms. The zero-order chi connectivity index (χ0) is 15.9. The van der Waals surface area contributed by atoms with Gasteiger partial charge in [0.1, 0.15) is 19.2 Å². The Balaban J connectivity index is 2.29. The fourth-order valence-electron chi connectivity index (χ4n) is 2.28. The Morgan fingerprint density at radius 3 is 2.41 bits per heavy atom. The zero-order valence-electron chi connectivity index (χ0n) is 12.4. The van der Waals surface area contributed by atoms with Crippen LogP contribution in [0.5, 0.6) is 5.75 Å². The predicted molar refractivity (Wildman–Crippen MR) is 87.8 cm³/mol. The normalized spacial score (nSPS) is 13.3. The molecule has 0 aliphatic rings. The lowest BCUT2D eigenvalue weighted by atomic mass is 10.1. The monoisotopic (exact) mass is 318 g/mol. The molecule has 0 heterocycles. The van der Waals surface area contributed by atoms with Crippen molar-refractivity contribution < 1.29 is 19.2 Å². The molecule has 2 rings (SSSR count). The van der Waals surface area contributed by atoms with E-state index in [0.29, 0.717) is 17.7 Å². The summed E-state index contributed by atoms with van der Waals surface area (Å²) in [5.74, 6) is -0.535. The average molecular weight is 318 g/mol. The average Bonchev–Trinajstić information content (AvgIpc) is 2.53.